The van der Waals surface area contributed by atoms with Gasteiger partial charge in [-0.25, -0.2) is 0 Å². The van der Waals surface area contributed by atoms with Crippen LogP contribution < -0.4 is 0 Å². The van der Waals surface area contributed by atoms with E-state index in [1.807, 2.05) is 6.08 Å². The summed E-state index contributed by atoms with van der Waals surface area (Å²) in [5.74, 6) is 0.0308. The average Bonchev–Trinajstić information content (AvgIpc) is 3.18. The van der Waals surface area contributed by atoms with E-state index >= 15 is 0 Å². The summed E-state index contributed by atoms with van der Waals surface area (Å²) in [5.41, 5.74) is 0. The van der Waals surface area contributed by atoms with Gasteiger partial charge in [-0.1, -0.05) is 62.1 Å². The standard InChI is InChI=1S/C21H35NO4/c1-3-4-5-9-12-19(23)15-14-18(20-16-17-22-26-20)11-8-6-7-10-13-21(24)25-2/h6,8,14-15,17-20,23H,3-5,7,9-13,16H2,1-2H3/b8-6-,15-14-/t18-,19?,20?/m1/s1. The highest BCUT2D eigenvalue weighted by Crippen LogP contribution is 2.22. The van der Waals surface area contributed by atoms with Crippen molar-refractivity contribution in [1.29, 1.82) is 0 Å². The number of carbonyl (C=O) groups excluding carboxylic acids is 1. The highest BCUT2D eigenvalue weighted by molar-refractivity contribution is 5.69. The summed E-state index contributed by atoms with van der Waals surface area (Å²) in [7, 11) is 1.41. The van der Waals surface area contributed by atoms with E-state index in [1.165, 1.54) is 26.4 Å². The lowest BCUT2D eigenvalue weighted by molar-refractivity contribution is -0.140. The molecule has 0 aromatic rings. The number of oxime groups is 1. The van der Waals surface area contributed by atoms with Crippen molar-refractivity contribution in [3.8, 4) is 0 Å². The van der Waals surface area contributed by atoms with Crippen LogP contribution in [0.3, 0.4) is 0 Å². The summed E-state index contributed by atoms with van der Waals surface area (Å²) in [6, 6.07) is 0. The maximum absolute atomic E-state index is 11.1. The maximum atomic E-state index is 11.1. The SMILES string of the molecule is CCCCCCC(O)/C=C\[C@@H](C/C=C\CCCC(=O)OC)C1CC=NO1. The fourth-order valence-electron chi connectivity index (χ4n) is 2.90. The molecular weight excluding hydrogens is 330 g/mol. The molecule has 1 rings (SSSR count). The third-order valence-corrected chi connectivity index (χ3v) is 4.57. The average molecular weight is 366 g/mol. The van der Waals surface area contributed by atoms with Crippen LogP contribution in [0.15, 0.2) is 29.5 Å². The van der Waals surface area contributed by atoms with Crippen LogP contribution in [0.25, 0.3) is 0 Å². The second-order valence-electron chi connectivity index (χ2n) is 6.81. The number of nitrogens with zero attached hydrogens (tertiary/aromatic N) is 1. The number of carbonyl (C=O) groups is 1. The Balaban J connectivity index is 2.36. The van der Waals surface area contributed by atoms with Crippen LogP contribution in [-0.4, -0.2) is 36.6 Å². The third-order valence-electron chi connectivity index (χ3n) is 4.57. The molecule has 0 amide bonds. The highest BCUT2D eigenvalue weighted by atomic mass is 16.6. The second kappa shape index (κ2) is 14.5. The van der Waals surface area contributed by atoms with Gasteiger partial charge in [0.05, 0.1) is 13.2 Å². The molecule has 0 saturated carbocycles. The van der Waals surface area contributed by atoms with Gasteiger partial charge in [-0.05, 0) is 25.7 Å². The van der Waals surface area contributed by atoms with Gasteiger partial charge in [-0.15, -0.1) is 0 Å². The molecule has 1 aliphatic rings. The van der Waals surface area contributed by atoms with E-state index in [9.17, 15) is 9.90 Å². The Kier molecular flexibility index (Phi) is 12.5. The van der Waals surface area contributed by atoms with Crippen LogP contribution in [-0.2, 0) is 14.4 Å². The first-order valence-electron chi connectivity index (χ1n) is 9.93. The van der Waals surface area contributed by atoms with Crippen LogP contribution >= 0.6 is 0 Å². The number of unbranched alkanes of at least 4 members (excludes halogenated alkanes) is 4. The number of aliphatic hydroxyl groups excluding tert-OH is 1. The first-order chi connectivity index (χ1) is 12.7. The number of allylic oxidation sites excluding steroid dienone is 2. The van der Waals surface area contributed by atoms with E-state index < -0.39 is 0 Å². The predicted molar refractivity (Wildman–Crippen MR) is 105 cm³/mol. The molecule has 1 N–H and O–H groups in total. The Hall–Kier alpha value is -1.62. The van der Waals surface area contributed by atoms with Crippen LogP contribution in [0.1, 0.15) is 71.1 Å². The lowest BCUT2D eigenvalue weighted by atomic mass is 9.94. The highest BCUT2D eigenvalue weighted by Gasteiger charge is 2.22. The van der Waals surface area contributed by atoms with Crippen molar-refractivity contribution in [2.24, 2.45) is 11.1 Å². The molecule has 0 aromatic carbocycles. The lowest BCUT2D eigenvalue weighted by Gasteiger charge is -2.17. The molecule has 0 fully saturated rings. The third kappa shape index (κ3) is 10.4. The summed E-state index contributed by atoms with van der Waals surface area (Å²) in [6.07, 6.45) is 18.9. The van der Waals surface area contributed by atoms with E-state index in [2.05, 4.69) is 35.0 Å². The predicted octanol–water partition coefficient (Wildman–Crippen LogP) is 4.55. The fourth-order valence-corrected chi connectivity index (χ4v) is 2.90. The topological polar surface area (TPSA) is 68.1 Å². The molecule has 148 valence electrons. The minimum atomic E-state index is -0.388. The molecular formula is C21H35NO4. The van der Waals surface area contributed by atoms with Crippen LogP contribution in [0.2, 0.25) is 0 Å². The molecule has 1 aliphatic heterocycles. The van der Waals surface area contributed by atoms with Gasteiger partial charge in [0, 0.05) is 25.0 Å². The zero-order valence-electron chi connectivity index (χ0n) is 16.3. The molecule has 5 nitrogen and oxygen atoms in total. The minimum Gasteiger partial charge on any atom is -0.469 e. The number of hydrogen-bond donors (Lipinski definition) is 1. The second-order valence-corrected chi connectivity index (χ2v) is 6.81. The summed E-state index contributed by atoms with van der Waals surface area (Å²) < 4.78 is 4.63. The van der Waals surface area contributed by atoms with Gasteiger partial charge < -0.3 is 14.7 Å². The summed E-state index contributed by atoms with van der Waals surface area (Å²) in [5, 5.41) is 14.0. The number of rotatable bonds is 14. The van der Waals surface area contributed by atoms with Gasteiger partial charge in [0.2, 0.25) is 0 Å². The fraction of sp³-hybridized carbons (Fsp3) is 0.714. The summed E-state index contributed by atoms with van der Waals surface area (Å²) >= 11 is 0. The quantitative estimate of drug-likeness (QED) is 0.278. The number of ether oxygens (including phenoxy) is 1. The Morgan fingerprint density at radius 3 is 2.85 bits per heavy atom. The van der Waals surface area contributed by atoms with Crippen molar-refractivity contribution in [3.05, 3.63) is 24.3 Å². The number of esters is 1. The van der Waals surface area contributed by atoms with Gasteiger partial charge in [-0.3, -0.25) is 4.79 Å². The molecule has 2 unspecified atom stereocenters. The van der Waals surface area contributed by atoms with Crippen LogP contribution in [0.4, 0.5) is 0 Å². The van der Waals surface area contributed by atoms with Crippen molar-refractivity contribution in [1.82, 2.24) is 0 Å². The number of methoxy groups -OCH3 is 1. The van der Waals surface area contributed by atoms with Gasteiger partial charge in [-0.2, -0.15) is 0 Å². The molecule has 1 heterocycles. The molecule has 0 aliphatic carbocycles. The minimum absolute atomic E-state index is 0.0401. The summed E-state index contributed by atoms with van der Waals surface area (Å²) in [4.78, 5) is 16.5. The molecule has 5 heteroatoms. The van der Waals surface area contributed by atoms with Crippen LogP contribution in [0.5, 0.6) is 0 Å². The first-order valence-corrected chi connectivity index (χ1v) is 9.93. The Bertz CT molecular complexity index is 451. The number of hydrogen-bond acceptors (Lipinski definition) is 5. The zero-order valence-corrected chi connectivity index (χ0v) is 16.3. The van der Waals surface area contributed by atoms with E-state index in [-0.39, 0.29) is 24.1 Å². The Labute approximate surface area is 158 Å². The normalized spacial score (nSPS) is 19.1. The largest absolute Gasteiger partial charge is 0.469 e. The first kappa shape index (κ1) is 22.4. The van der Waals surface area contributed by atoms with E-state index in [4.69, 9.17) is 4.84 Å². The smallest absolute Gasteiger partial charge is 0.305 e. The van der Waals surface area contributed by atoms with Crippen molar-refractivity contribution < 1.29 is 19.5 Å². The zero-order chi connectivity index (χ0) is 19.0. The van der Waals surface area contributed by atoms with Crippen molar-refractivity contribution in [2.75, 3.05) is 7.11 Å². The molecule has 3 atom stereocenters. The molecule has 26 heavy (non-hydrogen) atoms. The van der Waals surface area contributed by atoms with Crippen molar-refractivity contribution in [3.63, 3.8) is 0 Å². The van der Waals surface area contributed by atoms with Gasteiger partial charge in [0.1, 0.15) is 6.10 Å². The van der Waals surface area contributed by atoms with Crippen molar-refractivity contribution >= 4 is 12.2 Å². The molecule has 0 radical (unpaired) electrons. The molecule has 0 spiro atoms. The van der Waals surface area contributed by atoms with Gasteiger partial charge in [0.25, 0.3) is 0 Å². The van der Waals surface area contributed by atoms with Crippen LogP contribution in [0, 0.1) is 5.92 Å². The molecule has 0 saturated heterocycles. The molecule has 0 bridgehead atoms. The van der Waals surface area contributed by atoms with E-state index in [0.717, 1.165) is 38.5 Å². The molecule has 0 aromatic heterocycles. The summed E-state index contributed by atoms with van der Waals surface area (Å²) in [6.45, 7) is 2.19. The van der Waals surface area contributed by atoms with Crippen molar-refractivity contribution in [2.45, 2.75) is 83.3 Å². The maximum Gasteiger partial charge on any atom is 0.305 e. The lowest BCUT2D eigenvalue weighted by Crippen LogP contribution is -2.18. The Morgan fingerprint density at radius 2 is 2.15 bits per heavy atom. The van der Waals surface area contributed by atoms with Gasteiger partial charge in [0.15, 0.2) is 0 Å². The van der Waals surface area contributed by atoms with Gasteiger partial charge >= 0.3 is 5.97 Å². The number of aliphatic hydroxyl groups is 1. The monoisotopic (exact) mass is 365 g/mol. The van der Waals surface area contributed by atoms with E-state index in [1.54, 1.807) is 6.21 Å². The Morgan fingerprint density at radius 1 is 1.31 bits per heavy atom. The van der Waals surface area contributed by atoms with E-state index in [0.29, 0.717) is 6.42 Å².